The van der Waals surface area contributed by atoms with Gasteiger partial charge in [0.2, 0.25) is 0 Å². The zero-order valence-corrected chi connectivity index (χ0v) is 20.5. The summed E-state index contributed by atoms with van der Waals surface area (Å²) in [6.45, 7) is 6.34. The molecule has 2 aromatic carbocycles. The standard InChI is InChI=1S/C28H26BrN3O/c1-18-15-19(2)25-14-9-22(26(25)20(3)16-18)17-30-32-28(33)27(21-7-5-4-6-8-21)31-24-12-10-23(29)11-13-24/h4-17,27,31H,1-3H3,(H,32,33)/b30-17+. The Hall–Kier alpha value is -3.44. The molecule has 2 aliphatic carbocycles. The summed E-state index contributed by atoms with van der Waals surface area (Å²) < 4.78 is 0.981. The van der Waals surface area contributed by atoms with Gasteiger partial charge < -0.3 is 5.32 Å². The highest BCUT2D eigenvalue weighted by Crippen LogP contribution is 2.33. The van der Waals surface area contributed by atoms with Crippen LogP contribution in [0.25, 0.3) is 11.1 Å². The van der Waals surface area contributed by atoms with Crippen LogP contribution in [0.4, 0.5) is 5.69 Å². The van der Waals surface area contributed by atoms with Gasteiger partial charge in [0, 0.05) is 15.7 Å². The van der Waals surface area contributed by atoms with E-state index in [9.17, 15) is 4.79 Å². The van der Waals surface area contributed by atoms with E-state index in [-0.39, 0.29) is 5.91 Å². The topological polar surface area (TPSA) is 53.5 Å². The summed E-state index contributed by atoms with van der Waals surface area (Å²) in [6.07, 6.45) is 1.73. The predicted octanol–water partition coefficient (Wildman–Crippen LogP) is 6.78. The first kappa shape index (κ1) is 22.7. The smallest absolute Gasteiger partial charge is 0.267 e. The second kappa shape index (κ2) is 10.0. The molecule has 0 heterocycles. The molecule has 1 unspecified atom stereocenters. The Bertz CT molecular complexity index is 1270. The van der Waals surface area contributed by atoms with Crippen molar-refractivity contribution >= 4 is 33.7 Å². The van der Waals surface area contributed by atoms with Gasteiger partial charge in [-0.05, 0) is 72.9 Å². The Labute approximate surface area is 203 Å². The maximum Gasteiger partial charge on any atom is 0.267 e. The number of amides is 1. The van der Waals surface area contributed by atoms with Crippen LogP contribution < -0.4 is 10.7 Å². The normalized spacial score (nSPS) is 12.1. The molecular weight excluding hydrogens is 474 g/mol. The molecule has 0 bridgehead atoms. The van der Waals surface area contributed by atoms with Gasteiger partial charge in [-0.1, -0.05) is 76.1 Å². The summed E-state index contributed by atoms with van der Waals surface area (Å²) in [6, 6.07) is 25.3. The van der Waals surface area contributed by atoms with Gasteiger partial charge in [-0.2, -0.15) is 5.10 Å². The molecule has 4 rings (SSSR count). The summed E-state index contributed by atoms with van der Waals surface area (Å²) in [5.74, 6) is -0.231. The largest absolute Gasteiger partial charge is 0.370 e. The number of aryl methyl sites for hydroxylation is 3. The van der Waals surface area contributed by atoms with Crippen LogP contribution in [0.15, 0.2) is 88.4 Å². The van der Waals surface area contributed by atoms with Crippen LogP contribution in [0.2, 0.25) is 0 Å². The molecule has 166 valence electrons. The first-order chi connectivity index (χ1) is 15.9. The van der Waals surface area contributed by atoms with Gasteiger partial charge >= 0.3 is 0 Å². The lowest BCUT2D eigenvalue weighted by atomic mass is 10.0. The lowest BCUT2D eigenvalue weighted by molar-refractivity contribution is -0.121. The minimum absolute atomic E-state index is 0.231. The molecule has 0 aromatic heterocycles. The number of nitrogens with one attached hydrogen (secondary N) is 2. The molecule has 0 saturated heterocycles. The molecule has 0 radical (unpaired) electrons. The zero-order chi connectivity index (χ0) is 23.4. The minimum Gasteiger partial charge on any atom is -0.370 e. The second-order valence-corrected chi connectivity index (χ2v) is 9.12. The fraction of sp³-hybridized carbons (Fsp3) is 0.143. The van der Waals surface area contributed by atoms with Crippen LogP contribution in [0, 0.1) is 20.8 Å². The summed E-state index contributed by atoms with van der Waals surface area (Å²) in [7, 11) is 0. The Morgan fingerprint density at radius 3 is 2.33 bits per heavy atom. The number of benzene rings is 2. The lowest BCUT2D eigenvalue weighted by Gasteiger charge is -2.18. The summed E-state index contributed by atoms with van der Waals surface area (Å²) >= 11 is 3.45. The molecule has 0 spiro atoms. The number of carbonyl (C=O) groups excluding carboxylic acids is 1. The summed E-state index contributed by atoms with van der Waals surface area (Å²) in [5.41, 5.74) is 11.4. The highest BCUT2D eigenvalue weighted by atomic mass is 79.9. The maximum atomic E-state index is 13.1. The van der Waals surface area contributed by atoms with Crippen molar-refractivity contribution in [2.75, 3.05) is 5.32 Å². The molecule has 0 saturated carbocycles. The van der Waals surface area contributed by atoms with Crippen molar-refractivity contribution < 1.29 is 4.79 Å². The van der Waals surface area contributed by atoms with Crippen molar-refractivity contribution in [2.24, 2.45) is 5.10 Å². The highest BCUT2D eigenvalue weighted by Gasteiger charge is 2.20. The highest BCUT2D eigenvalue weighted by molar-refractivity contribution is 9.10. The SMILES string of the molecule is Cc1cc(C)c2ccc(/C=N/NC(=O)C(Nc3ccc(Br)cc3)c3ccccc3)c-2c(C)c1. The molecule has 2 N–H and O–H groups in total. The zero-order valence-electron chi connectivity index (χ0n) is 18.9. The Kier molecular flexibility index (Phi) is 6.90. The van der Waals surface area contributed by atoms with E-state index < -0.39 is 6.04 Å². The van der Waals surface area contributed by atoms with Crippen molar-refractivity contribution in [1.82, 2.24) is 5.43 Å². The fourth-order valence-corrected chi connectivity index (χ4v) is 4.40. The number of fused-ring (bicyclic) bond motifs is 1. The Morgan fingerprint density at radius 2 is 1.61 bits per heavy atom. The van der Waals surface area contributed by atoms with Crippen LogP contribution >= 0.6 is 15.9 Å². The number of hydrazone groups is 1. The van der Waals surface area contributed by atoms with E-state index in [1.54, 1.807) is 6.21 Å². The van der Waals surface area contributed by atoms with Crippen molar-refractivity contribution in [1.29, 1.82) is 0 Å². The fourth-order valence-electron chi connectivity index (χ4n) is 4.13. The van der Waals surface area contributed by atoms with E-state index in [1.165, 1.54) is 22.3 Å². The lowest BCUT2D eigenvalue weighted by Crippen LogP contribution is -2.30. The summed E-state index contributed by atoms with van der Waals surface area (Å²) in [5, 5.41) is 7.62. The van der Waals surface area contributed by atoms with Gasteiger partial charge in [-0.3, -0.25) is 4.79 Å². The van der Waals surface area contributed by atoms with E-state index in [2.05, 4.69) is 70.7 Å². The van der Waals surface area contributed by atoms with Crippen LogP contribution in [-0.2, 0) is 4.79 Å². The summed E-state index contributed by atoms with van der Waals surface area (Å²) in [4.78, 5) is 13.1. The van der Waals surface area contributed by atoms with Crippen molar-refractivity contribution in [2.45, 2.75) is 26.8 Å². The Balaban J connectivity index is 1.56. The van der Waals surface area contributed by atoms with E-state index in [0.717, 1.165) is 26.9 Å². The van der Waals surface area contributed by atoms with E-state index in [0.29, 0.717) is 0 Å². The molecule has 5 heteroatoms. The number of nitrogens with zero attached hydrogens (tertiary/aromatic N) is 1. The Morgan fingerprint density at radius 1 is 0.909 bits per heavy atom. The van der Waals surface area contributed by atoms with Gasteiger partial charge in [0.05, 0.1) is 6.21 Å². The minimum atomic E-state index is -0.578. The van der Waals surface area contributed by atoms with Crippen LogP contribution in [0.5, 0.6) is 0 Å². The van der Waals surface area contributed by atoms with Gasteiger partial charge in [0.25, 0.3) is 5.91 Å². The molecular formula is C28H26BrN3O. The number of hydrogen-bond acceptors (Lipinski definition) is 3. The molecule has 0 aliphatic heterocycles. The monoisotopic (exact) mass is 499 g/mol. The van der Waals surface area contributed by atoms with Gasteiger partial charge in [0.1, 0.15) is 6.04 Å². The van der Waals surface area contributed by atoms with Crippen molar-refractivity contribution in [3.8, 4) is 11.1 Å². The molecule has 2 aliphatic rings. The van der Waals surface area contributed by atoms with Crippen molar-refractivity contribution in [3.63, 3.8) is 0 Å². The average molecular weight is 500 g/mol. The van der Waals surface area contributed by atoms with Crippen LogP contribution in [-0.4, -0.2) is 12.1 Å². The van der Waals surface area contributed by atoms with E-state index >= 15 is 0 Å². The van der Waals surface area contributed by atoms with Gasteiger partial charge in [0.15, 0.2) is 0 Å². The van der Waals surface area contributed by atoms with Gasteiger partial charge in [-0.15, -0.1) is 0 Å². The maximum absolute atomic E-state index is 13.1. The molecule has 1 atom stereocenters. The number of halogens is 1. The third kappa shape index (κ3) is 5.32. The number of hydrogen-bond donors (Lipinski definition) is 2. The van der Waals surface area contributed by atoms with Gasteiger partial charge in [-0.25, -0.2) is 5.43 Å². The third-order valence-corrected chi connectivity index (χ3v) is 6.15. The first-order valence-electron chi connectivity index (χ1n) is 10.8. The predicted molar refractivity (Wildman–Crippen MR) is 140 cm³/mol. The average Bonchev–Trinajstić information content (AvgIpc) is 3.19. The van der Waals surface area contributed by atoms with E-state index in [4.69, 9.17) is 0 Å². The van der Waals surface area contributed by atoms with Crippen LogP contribution in [0.3, 0.4) is 0 Å². The molecule has 4 nitrogen and oxygen atoms in total. The molecule has 0 fully saturated rings. The van der Waals surface area contributed by atoms with E-state index in [1.807, 2.05) is 60.7 Å². The second-order valence-electron chi connectivity index (χ2n) is 8.21. The number of rotatable bonds is 6. The van der Waals surface area contributed by atoms with Crippen molar-refractivity contribution in [3.05, 3.63) is 111 Å². The van der Waals surface area contributed by atoms with Crippen LogP contribution in [0.1, 0.15) is 33.9 Å². The third-order valence-electron chi connectivity index (χ3n) is 5.62. The first-order valence-corrected chi connectivity index (χ1v) is 11.6. The number of carbonyl (C=O) groups is 1. The molecule has 33 heavy (non-hydrogen) atoms. The molecule has 1 amide bonds. The quantitative estimate of drug-likeness (QED) is 0.227. The molecule has 2 aromatic rings. The number of anilines is 1.